The van der Waals surface area contributed by atoms with Crippen molar-refractivity contribution in [1.82, 2.24) is 0 Å². The average molecular weight is 286 g/mol. The number of aliphatic hydroxyl groups excluding tert-OH is 1. The summed E-state index contributed by atoms with van der Waals surface area (Å²) in [4.78, 5) is 31.9. The molecule has 104 valence electrons. The van der Waals surface area contributed by atoms with Gasteiger partial charge in [0.1, 0.15) is 5.41 Å². The molecule has 5 N–H and O–H groups in total. The lowest BCUT2D eigenvalue weighted by atomic mass is 9.81. The number of carboxylic acids is 3. The molecule has 1 atom stereocenters. The van der Waals surface area contributed by atoms with Gasteiger partial charge in [0, 0.05) is 0 Å². The van der Waals surface area contributed by atoms with Crippen LogP contribution in [0, 0.1) is 5.41 Å². The number of aliphatic hydroxyl groups is 1. The Hall–Kier alpha value is -1.72. The molecule has 0 fully saturated rings. The van der Waals surface area contributed by atoms with Crippen LogP contribution in [0.1, 0.15) is 12.8 Å². The molecule has 0 saturated carbocycles. The number of hydrogen-bond acceptors (Lipinski definition) is 6. The molecule has 10 nitrogen and oxygen atoms in total. The summed E-state index contributed by atoms with van der Waals surface area (Å²) in [5, 5.41) is 35.0. The molecule has 0 heterocycles. The molecule has 0 aliphatic heterocycles. The minimum absolute atomic E-state index is 1.49. The largest absolute Gasteiger partial charge is 0.481 e. The van der Waals surface area contributed by atoms with E-state index in [1.807, 2.05) is 0 Å². The van der Waals surface area contributed by atoms with Gasteiger partial charge in [0.25, 0.3) is 10.1 Å². The van der Waals surface area contributed by atoms with E-state index < -0.39 is 51.7 Å². The molecule has 0 bridgehead atoms. The number of hydrogen-bond donors (Lipinski definition) is 5. The Labute approximate surface area is 100 Å². The van der Waals surface area contributed by atoms with Crippen LogP contribution < -0.4 is 0 Å². The van der Waals surface area contributed by atoms with E-state index in [0.29, 0.717) is 0 Å². The van der Waals surface area contributed by atoms with E-state index in [0.717, 1.165) is 0 Å². The normalized spacial score (nSPS) is 13.9. The van der Waals surface area contributed by atoms with Crippen LogP contribution in [0.15, 0.2) is 0 Å². The molecular weight excluding hydrogens is 276 g/mol. The predicted octanol–water partition coefficient (Wildman–Crippen LogP) is -1.79. The number of carboxylic acid groups (broad SMARTS) is 3. The molecule has 0 aromatic carbocycles. The second-order valence-corrected chi connectivity index (χ2v) is 4.95. The summed E-state index contributed by atoms with van der Waals surface area (Å²) in [6, 6.07) is 0. The highest BCUT2D eigenvalue weighted by atomic mass is 32.2. The summed E-state index contributed by atoms with van der Waals surface area (Å²) in [5.41, 5.74) is -6.15. The van der Waals surface area contributed by atoms with Gasteiger partial charge in [-0.1, -0.05) is 0 Å². The first kappa shape index (κ1) is 16.3. The Bertz CT molecular complexity index is 447. The second-order valence-electron chi connectivity index (χ2n) is 3.47. The zero-order valence-electron chi connectivity index (χ0n) is 8.68. The summed E-state index contributed by atoms with van der Waals surface area (Å²) in [6.45, 7) is 0. The number of aliphatic carboxylic acids is 3. The summed E-state index contributed by atoms with van der Waals surface area (Å²) in [5.74, 6) is -5.86. The van der Waals surface area contributed by atoms with E-state index >= 15 is 0 Å². The van der Waals surface area contributed by atoms with Crippen LogP contribution in [0.4, 0.5) is 0 Å². The van der Waals surface area contributed by atoms with Crippen molar-refractivity contribution in [2.75, 3.05) is 0 Å². The lowest BCUT2D eigenvalue weighted by Gasteiger charge is -2.29. The van der Waals surface area contributed by atoms with Crippen LogP contribution in [0.25, 0.3) is 0 Å². The average Bonchev–Trinajstić information content (AvgIpc) is 2.11. The minimum atomic E-state index is -5.35. The number of carbonyl (C=O) groups is 3. The summed E-state index contributed by atoms with van der Waals surface area (Å²) >= 11 is 0. The molecule has 0 aliphatic rings. The lowest BCUT2D eigenvalue weighted by molar-refractivity contribution is -0.165. The zero-order valence-corrected chi connectivity index (χ0v) is 9.49. The Balaban J connectivity index is 5.82. The van der Waals surface area contributed by atoms with Crippen LogP contribution in [-0.4, -0.2) is 56.7 Å². The molecule has 0 spiro atoms. The third kappa shape index (κ3) is 3.65. The third-order valence-corrected chi connectivity index (χ3v) is 3.13. The lowest BCUT2D eigenvalue weighted by Crippen LogP contribution is -2.49. The molecule has 0 radical (unpaired) electrons. The van der Waals surface area contributed by atoms with E-state index in [2.05, 4.69) is 0 Å². The fraction of sp³-hybridized carbons (Fsp3) is 0.571. The van der Waals surface area contributed by atoms with E-state index in [4.69, 9.17) is 19.9 Å². The van der Waals surface area contributed by atoms with Gasteiger partial charge < -0.3 is 20.4 Å². The molecule has 11 heteroatoms. The Kier molecular flexibility index (Phi) is 4.78. The molecule has 0 aromatic heterocycles. The molecule has 18 heavy (non-hydrogen) atoms. The van der Waals surface area contributed by atoms with E-state index in [1.54, 1.807) is 0 Å². The molecule has 0 rings (SSSR count). The fourth-order valence-corrected chi connectivity index (χ4v) is 2.16. The van der Waals surface area contributed by atoms with Crippen molar-refractivity contribution in [2.24, 2.45) is 5.41 Å². The van der Waals surface area contributed by atoms with Crippen molar-refractivity contribution in [1.29, 1.82) is 0 Å². The predicted molar refractivity (Wildman–Crippen MR) is 52.1 cm³/mol. The first-order chi connectivity index (χ1) is 7.93. The van der Waals surface area contributed by atoms with Gasteiger partial charge >= 0.3 is 17.9 Å². The molecule has 0 amide bonds. The first-order valence-corrected chi connectivity index (χ1v) is 5.75. The maximum atomic E-state index is 10.9. The van der Waals surface area contributed by atoms with Gasteiger partial charge in [-0.3, -0.25) is 18.9 Å². The van der Waals surface area contributed by atoms with E-state index in [-0.39, 0.29) is 0 Å². The maximum Gasteiger partial charge on any atom is 0.314 e. The van der Waals surface area contributed by atoms with Gasteiger partial charge in [-0.2, -0.15) is 8.42 Å². The molecule has 1 unspecified atom stereocenters. The van der Waals surface area contributed by atoms with Crippen LogP contribution in [0.3, 0.4) is 0 Å². The third-order valence-electron chi connectivity index (χ3n) is 2.11. The highest BCUT2D eigenvalue weighted by Gasteiger charge is 2.54. The van der Waals surface area contributed by atoms with Gasteiger partial charge in [-0.15, -0.1) is 0 Å². The van der Waals surface area contributed by atoms with Crippen molar-refractivity contribution < 1.29 is 47.8 Å². The van der Waals surface area contributed by atoms with Crippen molar-refractivity contribution in [3.8, 4) is 0 Å². The van der Waals surface area contributed by atoms with Gasteiger partial charge in [0.2, 0.25) is 0 Å². The Morgan fingerprint density at radius 1 is 1.00 bits per heavy atom. The molecule has 0 saturated heterocycles. The molecule has 0 aromatic rings. The highest BCUT2D eigenvalue weighted by Crippen LogP contribution is 2.34. The van der Waals surface area contributed by atoms with Crippen LogP contribution in [0.2, 0.25) is 0 Å². The summed E-state index contributed by atoms with van der Waals surface area (Å²) in [6.07, 6.45) is -2.98. The van der Waals surface area contributed by atoms with Crippen molar-refractivity contribution in [3.05, 3.63) is 0 Å². The zero-order chi connectivity index (χ0) is 14.7. The van der Waals surface area contributed by atoms with Gasteiger partial charge in [0.05, 0.1) is 12.8 Å². The smallest absolute Gasteiger partial charge is 0.314 e. The highest BCUT2D eigenvalue weighted by molar-refractivity contribution is 7.86. The van der Waals surface area contributed by atoms with Gasteiger partial charge in [0.15, 0.2) is 5.44 Å². The Morgan fingerprint density at radius 2 is 1.33 bits per heavy atom. The minimum Gasteiger partial charge on any atom is -0.481 e. The number of rotatable bonds is 7. The van der Waals surface area contributed by atoms with Crippen molar-refractivity contribution in [2.45, 2.75) is 18.3 Å². The van der Waals surface area contributed by atoms with Crippen LogP contribution >= 0.6 is 0 Å². The topological polar surface area (TPSA) is 186 Å². The fourth-order valence-electron chi connectivity index (χ4n) is 1.32. The maximum absolute atomic E-state index is 10.9. The van der Waals surface area contributed by atoms with Crippen LogP contribution in [0.5, 0.6) is 0 Å². The second kappa shape index (κ2) is 5.29. The van der Waals surface area contributed by atoms with E-state index in [9.17, 15) is 27.9 Å². The van der Waals surface area contributed by atoms with Crippen LogP contribution in [-0.2, 0) is 24.5 Å². The summed E-state index contributed by atoms with van der Waals surface area (Å²) < 4.78 is 30.0. The summed E-state index contributed by atoms with van der Waals surface area (Å²) in [7, 11) is -5.35. The van der Waals surface area contributed by atoms with Crippen molar-refractivity contribution in [3.63, 3.8) is 0 Å². The van der Waals surface area contributed by atoms with Gasteiger partial charge in [-0.05, 0) is 0 Å². The van der Waals surface area contributed by atoms with Gasteiger partial charge in [-0.25, -0.2) is 0 Å². The quantitative estimate of drug-likeness (QED) is 0.334. The van der Waals surface area contributed by atoms with E-state index in [1.165, 1.54) is 0 Å². The molecular formula is C7H10O10S. The first-order valence-electron chi connectivity index (χ1n) is 4.25. The standard InChI is InChI=1S/C7H10O10S/c8-3(9)1-7(5(12)13,2-4(10)11)6(14)18(15,16)17/h6,14H,1-2H2,(H,8,9)(H,10,11)(H,12,13)(H,15,16,17). The Morgan fingerprint density at radius 3 is 1.50 bits per heavy atom. The van der Waals surface area contributed by atoms with Crippen molar-refractivity contribution >= 4 is 28.0 Å². The molecule has 0 aliphatic carbocycles. The monoisotopic (exact) mass is 286 g/mol. The SMILES string of the molecule is O=C(O)CC(CC(=O)O)(C(=O)O)C(O)S(=O)(=O)O.